The largest absolute Gasteiger partial charge is 0.435 e. The Balaban J connectivity index is 1.82. The lowest BCUT2D eigenvalue weighted by Crippen LogP contribution is -2.26. The molecule has 27 heavy (non-hydrogen) atoms. The van der Waals surface area contributed by atoms with Crippen molar-refractivity contribution < 1.29 is 18.3 Å². The van der Waals surface area contributed by atoms with Crippen LogP contribution in [0.4, 0.5) is 8.78 Å². The lowest BCUT2D eigenvalue weighted by molar-refractivity contribution is -0.0498. The van der Waals surface area contributed by atoms with Gasteiger partial charge in [0.1, 0.15) is 17.0 Å². The quantitative estimate of drug-likeness (QED) is 0.636. The summed E-state index contributed by atoms with van der Waals surface area (Å²) in [5, 5.41) is 13.7. The Kier molecular flexibility index (Phi) is 4.28. The molecule has 0 bridgehead atoms. The van der Waals surface area contributed by atoms with Crippen LogP contribution in [0.15, 0.2) is 36.5 Å². The van der Waals surface area contributed by atoms with Crippen molar-refractivity contribution in [1.82, 2.24) is 14.8 Å². The summed E-state index contributed by atoms with van der Waals surface area (Å²) in [7, 11) is 0. The number of pyridine rings is 1. The smallest absolute Gasteiger partial charge is 0.387 e. The highest BCUT2D eigenvalue weighted by molar-refractivity contribution is 5.93. The van der Waals surface area contributed by atoms with E-state index < -0.39 is 6.61 Å². The molecule has 1 aromatic carbocycles. The van der Waals surface area contributed by atoms with Crippen LogP contribution in [0.5, 0.6) is 5.75 Å². The SMILES string of the molecule is N#CC1CC(n2nc(-c3cccc(OC(F)F)c3)c3ncc(C=O)cc32)C1. The third kappa shape index (κ3) is 3.12. The number of ether oxygens (including phenoxy) is 1. The molecule has 2 aromatic heterocycles. The maximum Gasteiger partial charge on any atom is 0.387 e. The molecule has 3 aromatic rings. The van der Waals surface area contributed by atoms with Gasteiger partial charge in [0.05, 0.1) is 23.5 Å². The van der Waals surface area contributed by atoms with Gasteiger partial charge in [-0.3, -0.25) is 14.5 Å². The lowest BCUT2D eigenvalue weighted by atomic mass is 9.81. The van der Waals surface area contributed by atoms with Crippen molar-refractivity contribution in [3.63, 3.8) is 0 Å². The Bertz CT molecular complexity index is 1050. The molecule has 8 heteroatoms. The Morgan fingerprint density at radius 3 is 2.85 bits per heavy atom. The number of nitrogens with zero attached hydrogens (tertiary/aromatic N) is 4. The fourth-order valence-electron chi connectivity index (χ4n) is 3.28. The van der Waals surface area contributed by atoms with Gasteiger partial charge in [-0.15, -0.1) is 0 Å². The molecule has 0 aliphatic heterocycles. The molecule has 1 fully saturated rings. The second-order valence-electron chi connectivity index (χ2n) is 6.40. The van der Waals surface area contributed by atoms with E-state index in [0.717, 1.165) is 0 Å². The fourth-order valence-corrected chi connectivity index (χ4v) is 3.28. The molecule has 136 valence electrons. The molecule has 2 heterocycles. The summed E-state index contributed by atoms with van der Waals surface area (Å²) in [6, 6.07) is 10.2. The fraction of sp³-hybridized carbons (Fsp3) is 0.263. The number of nitriles is 1. The van der Waals surface area contributed by atoms with E-state index >= 15 is 0 Å². The van der Waals surface area contributed by atoms with Crippen LogP contribution in [-0.2, 0) is 0 Å². The molecular formula is C19H14F2N4O2. The van der Waals surface area contributed by atoms with Crippen LogP contribution < -0.4 is 4.74 Å². The summed E-state index contributed by atoms with van der Waals surface area (Å²) in [5.74, 6) is 0.0191. The minimum Gasteiger partial charge on any atom is -0.435 e. The summed E-state index contributed by atoms with van der Waals surface area (Å²) in [4.78, 5) is 15.5. The molecule has 0 N–H and O–H groups in total. The minimum absolute atomic E-state index is 0.0114. The number of rotatable bonds is 5. The molecule has 0 atom stereocenters. The molecule has 0 radical (unpaired) electrons. The van der Waals surface area contributed by atoms with Crippen LogP contribution in [0.3, 0.4) is 0 Å². The number of aromatic nitrogens is 3. The Hall–Kier alpha value is -3.34. The van der Waals surface area contributed by atoms with Crippen LogP contribution in [0.2, 0.25) is 0 Å². The summed E-state index contributed by atoms with van der Waals surface area (Å²) < 4.78 is 31.3. The molecule has 0 spiro atoms. The second-order valence-corrected chi connectivity index (χ2v) is 6.40. The van der Waals surface area contributed by atoms with Gasteiger partial charge in [-0.2, -0.15) is 19.1 Å². The number of carbonyl (C=O) groups excluding carboxylic acids is 1. The maximum atomic E-state index is 12.5. The van der Waals surface area contributed by atoms with Crippen molar-refractivity contribution in [3.8, 4) is 23.1 Å². The zero-order chi connectivity index (χ0) is 19.0. The van der Waals surface area contributed by atoms with Gasteiger partial charge in [0.15, 0.2) is 6.29 Å². The zero-order valence-corrected chi connectivity index (χ0v) is 14.0. The second kappa shape index (κ2) is 6.76. The summed E-state index contributed by atoms with van der Waals surface area (Å²) in [6.07, 6.45) is 3.50. The first-order valence-corrected chi connectivity index (χ1v) is 8.37. The first kappa shape index (κ1) is 17.1. The normalized spacial score (nSPS) is 18.9. The number of hydrogen-bond donors (Lipinski definition) is 0. The van der Waals surface area contributed by atoms with Crippen molar-refractivity contribution in [2.75, 3.05) is 0 Å². The maximum absolute atomic E-state index is 12.5. The minimum atomic E-state index is -2.92. The van der Waals surface area contributed by atoms with Gasteiger partial charge >= 0.3 is 6.61 Å². The van der Waals surface area contributed by atoms with Gasteiger partial charge in [0, 0.05) is 17.3 Å². The van der Waals surface area contributed by atoms with Crippen LogP contribution >= 0.6 is 0 Å². The Morgan fingerprint density at radius 2 is 2.15 bits per heavy atom. The van der Waals surface area contributed by atoms with Gasteiger partial charge < -0.3 is 4.74 Å². The Labute approximate surface area is 153 Å². The van der Waals surface area contributed by atoms with E-state index in [9.17, 15) is 13.6 Å². The third-order valence-corrected chi connectivity index (χ3v) is 4.68. The number of aldehydes is 1. The summed E-state index contributed by atoms with van der Waals surface area (Å²) >= 11 is 0. The molecule has 1 aliphatic rings. The molecular weight excluding hydrogens is 354 g/mol. The van der Waals surface area contributed by atoms with E-state index in [1.807, 2.05) is 0 Å². The van der Waals surface area contributed by atoms with E-state index in [4.69, 9.17) is 5.26 Å². The predicted octanol–water partition coefficient (Wildman–Crippen LogP) is 3.99. The number of fused-ring (bicyclic) bond motifs is 1. The van der Waals surface area contributed by atoms with Crippen LogP contribution in [0.1, 0.15) is 29.2 Å². The number of hydrogen-bond acceptors (Lipinski definition) is 5. The molecule has 1 saturated carbocycles. The molecule has 4 rings (SSSR count). The highest BCUT2D eigenvalue weighted by Crippen LogP contribution is 2.40. The van der Waals surface area contributed by atoms with Gasteiger partial charge in [-0.25, -0.2) is 0 Å². The van der Waals surface area contributed by atoms with Crippen molar-refractivity contribution in [2.24, 2.45) is 5.92 Å². The first-order chi connectivity index (χ1) is 13.1. The monoisotopic (exact) mass is 368 g/mol. The third-order valence-electron chi connectivity index (χ3n) is 4.68. The molecule has 0 saturated heterocycles. The standard InChI is InChI=1S/C19H14F2N4O2/c20-19(21)27-15-3-1-2-13(7-15)17-18-16(6-12(10-26)9-23-18)25(24-17)14-4-11(5-14)8-22/h1-3,6-7,9-11,14,19H,4-5H2. The topological polar surface area (TPSA) is 80.8 Å². The van der Waals surface area contributed by atoms with E-state index in [0.29, 0.717) is 47.0 Å². The Morgan fingerprint density at radius 1 is 1.33 bits per heavy atom. The van der Waals surface area contributed by atoms with Crippen LogP contribution in [0.25, 0.3) is 22.3 Å². The van der Waals surface area contributed by atoms with Gasteiger partial charge in [0.2, 0.25) is 0 Å². The van der Waals surface area contributed by atoms with Crippen molar-refractivity contribution in [3.05, 3.63) is 42.1 Å². The molecule has 0 unspecified atom stereocenters. The first-order valence-electron chi connectivity index (χ1n) is 8.37. The molecule has 0 amide bonds. The number of benzene rings is 1. The number of alkyl halides is 2. The van der Waals surface area contributed by atoms with E-state index in [-0.39, 0.29) is 17.7 Å². The van der Waals surface area contributed by atoms with Gasteiger partial charge in [-0.05, 0) is 31.0 Å². The summed E-state index contributed by atoms with van der Waals surface area (Å²) in [5.41, 5.74) is 2.76. The highest BCUT2D eigenvalue weighted by Gasteiger charge is 2.33. The van der Waals surface area contributed by atoms with Crippen molar-refractivity contribution in [2.45, 2.75) is 25.5 Å². The number of carbonyl (C=O) groups is 1. The average molecular weight is 368 g/mol. The highest BCUT2D eigenvalue weighted by atomic mass is 19.3. The zero-order valence-electron chi connectivity index (χ0n) is 14.0. The van der Waals surface area contributed by atoms with Crippen molar-refractivity contribution >= 4 is 17.3 Å². The van der Waals surface area contributed by atoms with E-state index in [1.54, 1.807) is 22.9 Å². The van der Waals surface area contributed by atoms with Gasteiger partial charge in [0.25, 0.3) is 0 Å². The lowest BCUT2D eigenvalue weighted by Gasteiger charge is -2.31. The van der Waals surface area contributed by atoms with E-state index in [1.165, 1.54) is 18.3 Å². The van der Waals surface area contributed by atoms with Crippen molar-refractivity contribution in [1.29, 1.82) is 5.26 Å². The summed E-state index contributed by atoms with van der Waals surface area (Å²) in [6.45, 7) is -2.92. The number of halogens is 2. The average Bonchev–Trinajstić information content (AvgIpc) is 2.99. The van der Waals surface area contributed by atoms with Crippen LogP contribution in [0, 0.1) is 17.2 Å². The van der Waals surface area contributed by atoms with E-state index in [2.05, 4.69) is 20.9 Å². The van der Waals surface area contributed by atoms with Gasteiger partial charge in [-0.1, -0.05) is 12.1 Å². The van der Waals surface area contributed by atoms with Crippen LogP contribution in [-0.4, -0.2) is 27.7 Å². The molecule has 1 aliphatic carbocycles. The predicted molar refractivity (Wildman–Crippen MR) is 92.4 cm³/mol. The molecule has 6 nitrogen and oxygen atoms in total.